The SMILES string of the molecule is FC(F)Oc1ccc(NC(=S)NC2CCCCCC2)cc1. The second-order valence-corrected chi connectivity index (χ2v) is 5.60. The van der Waals surface area contributed by atoms with Crippen molar-refractivity contribution in [3.63, 3.8) is 0 Å². The molecule has 1 aliphatic carbocycles. The Balaban J connectivity index is 1.81. The van der Waals surface area contributed by atoms with E-state index in [1.165, 1.54) is 37.8 Å². The van der Waals surface area contributed by atoms with Gasteiger partial charge in [-0.3, -0.25) is 0 Å². The molecule has 0 atom stereocenters. The largest absolute Gasteiger partial charge is 0.435 e. The van der Waals surface area contributed by atoms with E-state index in [2.05, 4.69) is 15.4 Å². The van der Waals surface area contributed by atoms with Crippen molar-refractivity contribution in [1.82, 2.24) is 5.32 Å². The Bertz CT molecular complexity index is 445. The van der Waals surface area contributed by atoms with Gasteiger partial charge in [0.15, 0.2) is 5.11 Å². The van der Waals surface area contributed by atoms with E-state index in [9.17, 15) is 8.78 Å². The summed E-state index contributed by atoms with van der Waals surface area (Å²) in [6.07, 6.45) is 7.35. The molecular weight excluding hydrogens is 294 g/mol. The summed E-state index contributed by atoms with van der Waals surface area (Å²) in [5.74, 6) is 0.137. The van der Waals surface area contributed by atoms with Gasteiger partial charge in [0.1, 0.15) is 5.75 Å². The molecule has 3 nitrogen and oxygen atoms in total. The summed E-state index contributed by atoms with van der Waals surface area (Å²) in [6, 6.07) is 6.73. The molecule has 0 aliphatic heterocycles. The molecule has 0 heterocycles. The number of benzene rings is 1. The summed E-state index contributed by atoms with van der Waals surface area (Å²) in [5, 5.41) is 6.96. The minimum Gasteiger partial charge on any atom is -0.435 e. The van der Waals surface area contributed by atoms with Crippen LogP contribution in [0.1, 0.15) is 38.5 Å². The summed E-state index contributed by atoms with van der Waals surface area (Å²) in [4.78, 5) is 0. The van der Waals surface area contributed by atoms with Crippen molar-refractivity contribution in [2.45, 2.75) is 51.2 Å². The van der Waals surface area contributed by atoms with Crippen LogP contribution in [0.2, 0.25) is 0 Å². The van der Waals surface area contributed by atoms with E-state index in [1.54, 1.807) is 12.1 Å². The van der Waals surface area contributed by atoms with E-state index in [-0.39, 0.29) is 5.75 Å². The van der Waals surface area contributed by atoms with E-state index in [0.29, 0.717) is 11.2 Å². The van der Waals surface area contributed by atoms with Crippen LogP contribution in [0.25, 0.3) is 0 Å². The Labute approximate surface area is 129 Å². The molecule has 0 radical (unpaired) electrons. The van der Waals surface area contributed by atoms with Gasteiger partial charge in [0.2, 0.25) is 0 Å². The van der Waals surface area contributed by atoms with E-state index in [1.807, 2.05) is 0 Å². The second kappa shape index (κ2) is 8.12. The molecule has 6 heteroatoms. The van der Waals surface area contributed by atoms with Crippen molar-refractivity contribution in [1.29, 1.82) is 0 Å². The van der Waals surface area contributed by atoms with Gasteiger partial charge in [-0.25, -0.2) is 0 Å². The molecule has 116 valence electrons. The van der Waals surface area contributed by atoms with Crippen molar-refractivity contribution < 1.29 is 13.5 Å². The fraction of sp³-hybridized carbons (Fsp3) is 0.533. The Morgan fingerprint density at radius 1 is 1.10 bits per heavy atom. The number of alkyl halides is 2. The number of hydrogen-bond acceptors (Lipinski definition) is 2. The Morgan fingerprint density at radius 3 is 2.29 bits per heavy atom. The first-order valence-electron chi connectivity index (χ1n) is 7.26. The lowest BCUT2D eigenvalue weighted by atomic mass is 10.1. The maximum absolute atomic E-state index is 12.1. The van der Waals surface area contributed by atoms with Gasteiger partial charge in [0, 0.05) is 11.7 Å². The smallest absolute Gasteiger partial charge is 0.387 e. The predicted molar refractivity (Wildman–Crippen MR) is 83.9 cm³/mol. The molecule has 0 spiro atoms. The Morgan fingerprint density at radius 2 is 1.71 bits per heavy atom. The van der Waals surface area contributed by atoms with Crippen molar-refractivity contribution in [3.05, 3.63) is 24.3 Å². The highest BCUT2D eigenvalue weighted by molar-refractivity contribution is 7.80. The van der Waals surface area contributed by atoms with Crippen LogP contribution in [0.3, 0.4) is 0 Å². The van der Waals surface area contributed by atoms with Crippen LogP contribution >= 0.6 is 12.2 Å². The van der Waals surface area contributed by atoms with Gasteiger partial charge < -0.3 is 15.4 Å². The van der Waals surface area contributed by atoms with Crippen LogP contribution < -0.4 is 15.4 Å². The molecule has 1 aromatic carbocycles. The van der Waals surface area contributed by atoms with Crippen molar-refractivity contribution >= 4 is 23.0 Å². The average Bonchev–Trinajstić information content (AvgIpc) is 2.69. The number of hydrogen-bond donors (Lipinski definition) is 2. The molecule has 1 aliphatic rings. The highest BCUT2D eigenvalue weighted by atomic mass is 32.1. The van der Waals surface area contributed by atoms with Crippen molar-refractivity contribution in [3.8, 4) is 5.75 Å². The molecule has 0 bridgehead atoms. The summed E-state index contributed by atoms with van der Waals surface area (Å²) in [6.45, 7) is -2.80. The standard InChI is InChI=1S/C15H20F2N2OS/c16-14(17)20-13-9-7-12(8-10-13)19-15(21)18-11-5-3-1-2-4-6-11/h7-11,14H,1-6H2,(H2,18,19,21). The van der Waals surface area contributed by atoms with E-state index >= 15 is 0 Å². The Hall–Kier alpha value is -1.43. The minimum atomic E-state index is -2.80. The maximum Gasteiger partial charge on any atom is 0.387 e. The van der Waals surface area contributed by atoms with Crippen LogP contribution in [-0.2, 0) is 0 Å². The van der Waals surface area contributed by atoms with Crippen LogP contribution in [0.5, 0.6) is 5.75 Å². The first-order chi connectivity index (χ1) is 10.1. The molecule has 2 rings (SSSR count). The molecule has 1 fully saturated rings. The third-order valence-electron chi connectivity index (χ3n) is 3.53. The van der Waals surface area contributed by atoms with E-state index < -0.39 is 6.61 Å². The monoisotopic (exact) mass is 314 g/mol. The second-order valence-electron chi connectivity index (χ2n) is 5.19. The predicted octanol–water partition coefficient (Wildman–Crippen LogP) is 4.30. The molecule has 0 amide bonds. The topological polar surface area (TPSA) is 33.3 Å². The molecular formula is C15H20F2N2OS. The number of anilines is 1. The van der Waals surface area contributed by atoms with Crippen molar-refractivity contribution in [2.75, 3.05) is 5.32 Å². The van der Waals surface area contributed by atoms with Gasteiger partial charge in [-0.05, 0) is 49.3 Å². The third kappa shape index (κ3) is 5.83. The van der Waals surface area contributed by atoms with E-state index in [4.69, 9.17) is 12.2 Å². The molecule has 21 heavy (non-hydrogen) atoms. The van der Waals surface area contributed by atoms with Crippen molar-refractivity contribution in [2.24, 2.45) is 0 Å². The van der Waals surface area contributed by atoms with Gasteiger partial charge in [-0.15, -0.1) is 0 Å². The van der Waals surface area contributed by atoms with E-state index in [0.717, 1.165) is 18.5 Å². The molecule has 0 saturated heterocycles. The summed E-state index contributed by atoms with van der Waals surface area (Å²) in [5.41, 5.74) is 0.753. The lowest BCUT2D eigenvalue weighted by molar-refractivity contribution is -0.0498. The third-order valence-corrected chi connectivity index (χ3v) is 3.75. The number of halogens is 2. The zero-order valence-corrected chi connectivity index (χ0v) is 12.6. The van der Waals surface area contributed by atoms with Crippen LogP contribution in [0, 0.1) is 0 Å². The van der Waals surface area contributed by atoms with Gasteiger partial charge >= 0.3 is 6.61 Å². The molecule has 0 aromatic heterocycles. The van der Waals surface area contributed by atoms with Gasteiger partial charge in [0.25, 0.3) is 0 Å². The zero-order valence-electron chi connectivity index (χ0n) is 11.8. The number of nitrogens with one attached hydrogen (secondary N) is 2. The first kappa shape index (κ1) is 15.9. The minimum absolute atomic E-state index is 0.137. The lowest BCUT2D eigenvalue weighted by Gasteiger charge is -2.19. The normalized spacial score (nSPS) is 16.3. The average molecular weight is 314 g/mol. The quantitative estimate of drug-likeness (QED) is 0.641. The summed E-state index contributed by atoms with van der Waals surface area (Å²) >= 11 is 5.29. The number of rotatable bonds is 4. The van der Waals surface area contributed by atoms with Gasteiger partial charge in [-0.1, -0.05) is 25.7 Å². The first-order valence-corrected chi connectivity index (χ1v) is 7.67. The van der Waals surface area contributed by atoms with Gasteiger partial charge in [-0.2, -0.15) is 8.78 Å². The van der Waals surface area contributed by atoms with Crippen LogP contribution in [-0.4, -0.2) is 17.8 Å². The van der Waals surface area contributed by atoms with Gasteiger partial charge in [0.05, 0.1) is 0 Å². The molecule has 1 saturated carbocycles. The van der Waals surface area contributed by atoms with Crippen LogP contribution in [0.15, 0.2) is 24.3 Å². The Kier molecular flexibility index (Phi) is 6.17. The number of thiocarbonyl (C=S) groups is 1. The fourth-order valence-corrected chi connectivity index (χ4v) is 2.78. The lowest BCUT2D eigenvalue weighted by Crippen LogP contribution is -2.37. The molecule has 1 aromatic rings. The highest BCUT2D eigenvalue weighted by Crippen LogP contribution is 2.19. The fourth-order valence-electron chi connectivity index (χ4n) is 2.50. The summed E-state index contributed by atoms with van der Waals surface area (Å²) < 4.78 is 28.4. The maximum atomic E-state index is 12.1. The molecule has 2 N–H and O–H groups in total. The highest BCUT2D eigenvalue weighted by Gasteiger charge is 2.13. The summed E-state index contributed by atoms with van der Waals surface area (Å²) in [7, 11) is 0. The molecule has 0 unspecified atom stereocenters. The number of ether oxygens (including phenoxy) is 1. The zero-order chi connectivity index (χ0) is 15.1. The van der Waals surface area contributed by atoms with Crippen LogP contribution in [0.4, 0.5) is 14.5 Å².